The molecule has 7 heteroatoms. The molecule has 2 aliphatic heterocycles. The lowest BCUT2D eigenvalue weighted by molar-refractivity contribution is 0.0579. The minimum Gasteiger partial charge on any atom is -0.454 e. The molecule has 1 aromatic carbocycles. The van der Waals surface area contributed by atoms with E-state index in [9.17, 15) is 9.59 Å². The molecule has 0 atom stereocenters. The van der Waals surface area contributed by atoms with E-state index in [1.165, 1.54) is 6.07 Å². The molecule has 116 valence electrons. The van der Waals surface area contributed by atoms with Gasteiger partial charge in [0.15, 0.2) is 11.5 Å². The summed E-state index contributed by atoms with van der Waals surface area (Å²) >= 11 is 0. The van der Waals surface area contributed by atoms with Crippen LogP contribution in [0, 0.1) is 0 Å². The fraction of sp³-hybridized carbons (Fsp3) is 0.333. The Kier molecular flexibility index (Phi) is 3.01. The van der Waals surface area contributed by atoms with E-state index in [0.717, 1.165) is 4.90 Å². The number of fused-ring (bicyclic) bond motifs is 2. The zero-order valence-corrected chi connectivity index (χ0v) is 12.5. The van der Waals surface area contributed by atoms with E-state index in [2.05, 4.69) is 6.58 Å². The number of hydrogen-bond acceptors (Lipinski definition) is 6. The molecular weight excluding hydrogens is 290 g/mol. The molecule has 2 amide bonds. The molecular formula is C15H15NO6. The second kappa shape index (κ2) is 4.66. The quantitative estimate of drug-likeness (QED) is 0.732. The second-order valence-electron chi connectivity index (χ2n) is 5.83. The third kappa shape index (κ3) is 2.34. The topological polar surface area (TPSA) is 74.3 Å². The van der Waals surface area contributed by atoms with E-state index in [0.29, 0.717) is 22.7 Å². The fourth-order valence-corrected chi connectivity index (χ4v) is 2.12. The van der Waals surface area contributed by atoms with E-state index in [-0.39, 0.29) is 12.6 Å². The van der Waals surface area contributed by atoms with Crippen LogP contribution in [-0.4, -0.2) is 24.6 Å². The molecule has 0 bridgehead atoms. The van der Waals surface area contributed by atoms with Gasteiger partial charge in [-0.15, -0.1) is 0 Å². The first-order valence-corrected chi connectivity index (χ1v) is 6.64. The van der Waals surface area contributed by atoms with Gasteiger partial charge in [-0.25, -0.2) is 9.59 Å². The van der Waals surface area contributed by atoms with Gasteiger partial charge in [0.2, 0.25) is 6.79 Å². The van der Waals surface area contributed by atoms with Crippen LogP contribution in [0.3, 0.4) is 0 Å². The summed E-state index contributed by atoms with van der Waals surface area (Å²) in [7, 11) is 0. The summed E-state index contributed by atoms with van der Waals surface area (Å²) in [6, 6.07) is 3.15. The molecule has 1 aromatic rings. The number of anilines is 1. The van der Waals surface area contributed by atoms with Gasteiger partial charge in [0.25, 0.3) is 0 Å². The van der Waals surface area contributed by atoms with Crippen LogP contribution >= 0.6 is 0 Å². The Morgan fingerprint density at radius 1 is 1.27 bits per heavy atom. The number of benzene rings is 1. The molecule has 0 aromatic heterocycles. The van der Waals surface area contributed by atoms with Crippen molar-refractivity contribution in [2.45, 2.75) is 26.4 Å². The van der Waals surface area contributed by atoms with E-state index < -0.39 is 17.8 Å². The zero-order valence-electron chi connectivity index (χ0n) is 12.5. The van der Waals surface area contributed by atoms with Gasteiger partial charge >= 0.3 is 12.2 Å². The number of rotatable bonds is 0. The highest BCUT2D eigenvalue weighted by atomic mass is 16.7. The Bertz CT molecular complexity index is 688. The van der Waals surface area contributed by atoms with Crippen molar-refractivity contribution in [2.24, 2.45) is 0 Å². The summed E-state index contributed by atoms with van der Waals surface area (Å²) < 4.78 is 20.8. The summed E-state index contributed by atoms with van der Waals surface area (Å²) in [6.45, 7) is 8.88. The highest BCUT2D eigenvalue weighted by Crippen LogP contribution is 2.43. The van der Waals surface area contributed by atoms with Crippen LogP contribution in [0.15, 0.2) is 18.7 Å². The van der Waals surface area contributed by atoms with E-state index in [4.69, 9.17) is 18.9 Å². The van der Waals surface area contributed by atoms with Crippen molar-refractivity contribution in [3.05, 3.63) is 24.3 Å². The molecule has 22 heavy (non-hydrogen) atoms. The van der Waals surface area contributed by atoms with Crippen molar-refractivity contribution in [2.75, 3.05) is 11.7 Å². The number of amides is 2. The summed E-state index contributed by atoms with van der Waals surface area (Å²) in [4.78, 5) is 25.2. The van der Waals surface area contributed by atoms with Crippen LogP contribution in [-0.2, 0) is 9.47 Å². The van der Waals surface area contributed by atoms with Crippen molar-refractivity contribution >= 4 is 23.6 Å². The molecule has 0 radical (unpaired) electrons. The maximum absolute atomic E-state index is 12.3. The van der Waals surface area contributed by atoms with Crippen LogP contribution < -0.4 is 14.4 Å². The maximum Gasteiger partial charge on any atom is 0.429 e. The van der Waals surface area contributed by atoms with Gasteiger partial charge in [0, 0.05) is 11.6 Å². The molecule has 0 saturated heterocycles. The standard InChI is InChI=1S/C15H15NO6/c1-8-9-5-11-12(20-7-19-11)6-10(9)16(13(17)21-8)14(18)22-15(2,3)4/h5-6H,1,7H2,2-4H3. The van der Waals surface area contributed by atoms with Crippen LogP contribution in [0.25, 0.3) is 5.76 Å². The first-order chi connectivity index (χ1) is 10.3. The monoisotopic (exact) mass is 305 g/mol. The van der Waals surface area contributed by atoms with Crippen molar-refractivity contribution in [1.82, 2.24) is 0 Å². The summed E-state index contributed by atoms with van der Waals surface area (Å²) in [5.74, 6) is 1.08. The van der Waals surface area contributed by atoms with Crippen LogP contribution in [0.1, 0.15) is 26.3 Å². The SMILES string of the molecule is C=C1OC(=O)N(C(=O)OC(C)(C)C)c2cc3c(cc21)OCO3. The molecule has 0 unspecified atom stereocenters. The molecule has 0 aliphatic carbocycles. The Morgan fingerprint density at radius 3 is 2.55 bits per heavy atom. The smallest absolute Gasteiger partial charge is 0.429 e. The largest absolute Gasteiger partial charge is 0.454 e. The highest BCUT2D eigenvalue weighted by molar-refractivity contribution is 6.14. The van der Waals surface area contributed by atoms with E-state index in [1.54, 1.807) is 26.8 Å². The zero-order chi connectivity index (χ0) is 16.1. The lowest BCUT2D eigenvalue weighted by Gasteiger charge is -2.30. The van der Waals surface area contributed by atoms with Gasteiger partial charge in [-0.2, -0.15) is 4.90 Å². The van der Waals surface area contributed by atoms with Gasteiger partial charge in [0.1, 0.15) is 11.4 Å². The summed E-state index contributed by atoms with van der Waals surface area (Å²) in [5, 5.41) is 0. The number of nitrogens with zero attached hydrogens (tertiary/aromatic N) is 1. The highest BCUT2D eigenvalue weighted by Gasteiger charge is 2.38. The third-order valence-electron chi connectivity index (χ3n) is 3.00. The minimum absolute atomic E-state index is 0.0753. The predicted octanol–water partition coefficient (Wildman–Crippen LogP) is 3.28. The molecule has 2 heterocycles. The first kappa shape index (κ1) is 14.2. The lowest BCUT2D eigenvalue weighted by Crippen LogP contribution is -2.43. The Labute approximate surface area is 127 Å². The van der Waals surface area contributed by atoms with Crippen molar-refractivity contribution in [3.8, 4) is 11.5 Å². The van der Waals surface area contributed by atoms with Gasteiger partial charge in [-0.05, 0) is 26.8 Å². The van der Waals surface area contributed by atoms with E-state index in [1.807, 2.05) is 0 Å². The van der Waals surface area contributed by atoms with Crippen molar-refractivity contribution < 1.29 is 28.5 Å². The number of imide groups is 1. The maximum atomic E-state index is 12.3. The Morgan fingerprint density at radius 2 is 1.91 bits per heavy atom. The van der Waals surface area contributed by atoms with Crippen LogP contribution in [0.2, 0.25) is 0 Å². The third-order valence-corrected chi connectivity index (χ3v) is 3.00. The molecule has 0 fully saturated rings. The van der Waals surface area contributed by atoms with Crippen LogP contribution in [0.4, 0.5) is 15.3 Å². The Hall–Kier alpha value is -2.70. The van der Waals surface area contributed by atoms with E-state index >= 15 is 0 Å². The fourth-order valence-electron chi connectivity index (χ4n) is 2.12. The summed E-state index contributed by atoms with van der Waals surface area (Å²) in [5.41, 5.74) is 0.0111. The van der Waals surface area contributed by atoms with Crippen molar-refractivity contribution in [1.29, 1.82) is 0 Å². The normalized spacial score (nSPS) is 16.2. The predicted molar refractivity (Wildman–Crippen MR) is 76.8 cm³/mol. The second-order valence-corrected chi connectivity index (χ2v) is 5.83. The van der Waals surface area contributed by atoms with Gasteiger partial charge in [-0.1, -0.05) is 6.58 Å². The number of carbonyl (C=O) groups excluding carboxylic acids is 2. The number of ether oxygens (including phenoxy) is 4. The van der Waals surface area contributed by atoms with Gasteiger partial charge in [0.05, 0.1) is 5.69 Å². The summed E-state index contributed by atoms with van der Waals surface area (Å²) in [6.07, 6.45) is -1.70. The van der Waals surface area contributed by atoms with Gasteiger partial charge < -0.3 is 18.9 Å². The molecule has 3 rings (SSSR count). The van der Waals surface area contributed by atoms with Gasteiger partial charge in [-0.3, -0.25) is 0 Å². The lowest BCUT2D eigenvalue weighted by atomic mass is 10.1. The molecule has 0 spiro atoms. The first-order valence-electron chi connectivity index (χ1n) is 6.64. The number of carbonyl (C=O) groups is 2. The molecule has 0 saturated carbocycles. The average Bonchev–Trinajstić information content (AvgIpc) is 2.81. The Balaban J connectivity index is 2.06. The van der Waals surface area contributed by atoms with Crippen molar-refractivity contribution in [3.63, 3.8) is 0 Å². The molecule has 0 N–H and O–H groups in total. The molecule has 7 nitrogen and oxygen atoms in total. The molecule has 2 aliphatic rings. The van der Waals surface area contributed by atoms with Crippen LogP contribution in [0.5, 0.6) is 11.5 Å². The number of hydrogen-bond donors (Lipinski definition) is 0. The average molecular weight is 305 g/mol. The minimum atomic E-state index is -0.870. The number of cyclic esters (lactones) is 1.